The van der Waals surface area contributed by atoms with Gasteiger partial charge in [0.1, 0.15) is 11.2 Å². The molecule has 4 aliphatic heterocycles. The van der Waals surface area contributed by atoms with Gasteiger partial charge in [-0.2, -0.15) is 0 Å². The predicted molar refractivity (Wildman–Crippen MR) is 518 cm³/mol. The van der Waals surface area contributed by atoms with E-state index in [4.69, 9.17) is 8.83 Å². The van der Waals surface area contributed by atoms with Gasteiger partial charge in [-0.3, -0.25) is 0 Å². The first kappa shape index (κ1) is 78.6. The van der Waals surface area contributed by atoms with Crippen molar-refractivity contribution < 1.29 is 8.83 Å². The molecular weight excluding hydrogens is 1470 g/mol. The molecule has 8 heteroatoms. The molecule has 2 aromatic heterocycles. The second-order valence-corrected chi connectivity index (χ2v) is 43.5. The Bertz CT molecular complexity index is 6680. The van der Waals surface area contributed by atoms with Gasteiger partial charge in [-0.25, -0.2) is 0 Å². The van der Waals surface area contributed by atoms with E-state index in [0.29, 0.717) is 0 Å². The molecule has 14 aromatic rings. The summed E-state index contributed by atoms with van der Waals surface area (Å²) in [6.07, 6.45) is 5.38. The van der Waals surface area contributed by atoms with Gasteiger partial charge in [0, 0.05) is 67.6 Å². The number of anilines is 12. The van der Waals surface area contributed by atoms with Crippen molar-refractivity contribution in [3.63, 3.8) is 0 Å². The van der Waals surface area contributed by atoms with Crippen LogP contribution in [0.3, 0.4) is 0 Å². The highest BCUT2D eigenvalue weighted by atomic mass is 16.3. The maximum atomic E-state index is 7.75. The van der Waals surface area contributed by atoms with Gasteiger partial charge in [0.2, 0.25) is 0 Å². The van der Waals surface area contributed by atoms with Crippen LogP contribution in [0, 0.1) is 34.6 Å². The van der Waals surface area contributed by atoms with E-state index in [1.165, 1.54) is 178 Å². The first-order chi connectivity index (χ1) is 57.1. The average Bonchev–Trinajstić information content (AvgIpc) is 1.63. The molecule has 6 aliphatic rings. The standard InChI is InChI=1S/C113H118B2N4O2/c1-66-53-94-100-97(56-66)119(93-48-40-78(108(12,13)14)60-89(93)115(100)104-102(116(94)79-41-35-75(36-42-79)106(6,7)8)82-61-84-86(63-98(82)120-104)111(19,20)51-49-109(84,15)16)91-46-34-73(58-69(91)4)81-32-28-31-74(70(81)5)65-113(23,24)76-37-43-80(44-38-76)117-95-54-67(2)55-96-101(95)114(105-103(117)83-62-85-87(64-99(83)121-105)112(21,22)52-50-110(85,17)18)88-59-77(107(9,10)11)39-47-92(88)118(96)90-45-33-72(57-68(90)3)71-29-26-25-27-30-71/h25-48,53-64H,49-52,65H2,1-24H3. The second-order valence-electron chi connectivity index (χ2n) is 43.5. The molecule has 0 amide bonds. The smallest absolute Gasteiger partial charge is 0.297 e. The van der Waals surface area contributed by atoms with Crippen LogP contribution in [0.25, 0.3) is 44.2 Å². The number of aryl methyl sites for hydroxylation is 4. The van der Waals surface area contributed by atoms with Gasteiger partial charge >= 0.3 is 0 Å². The van der Waals surface area contributed by atoms with Crippen LogP contribution in [0.15, 0.2) is 227 Å². The van der Waals surface area contributed by atoms with Gasteiger partial charge in [-0.15, -0.1) is 0 Å². The normalized spacial score (nSPS) is 16.5. The molecular formula is C113H118B2N4O2. The highest BCUT2D eigenvalue weighted by Crippen LogP contribution is 2.56. The van der Waals surface area contributed by atoms with E-state index in [2.05, 4.69) is 404 Å². The fraction of sp³-hybridized carbons (Fsp3) is 0.327. The van der Waals surface area contributed by atoms with Crippen molar-refractivity contribution in [3.8, 4) is 22.3 Å². The quantitative estimate of drug-likeness (QED) is 0.134. The zero-order valence-corrected chi connectivity index (χ0v) is 76.1. The monoisotopic (exact) mass is 1580 g/mol. The number of rotatable bonds is 9. The van der Waals surface area contributed by atoms with Gasteiger partial charge in [0.05, 0.1) is 22.7 Å². The van der Waals surface area contributed by atoms with Crippen molar-refractivity contribution in [1.82, 2.24) is 0 Å². The lowest BCUT2D eigenvalue weighted by atomic mass is 9.35. The van der Waals surface area contributed by atoms with Crippen molar-refractivity contribution in [3.05, 3.63) is 296 Å². The molecule has 0 saturated heterocycles. The minimum Gasteiger partial charge on any atom is -0.468 e. The molecule has 0 unspecified atom stereocenters. The first-order valence-electron chi connectivity index (χ1n) is 44.7. The van der Waals surface area contributed by atoms with Crippen LogP contribution in [-0.2, 0) is 49.7 Å². The van der Waals surface area contributed by atoms with Gasteiger partial charge < -0.3 is 28.4 Å². The molecule has 0 bridgehead atoms. The summed E-state index contributed by atoms with van der Waals surface area (Å²) in [5.74, 6) is 0. The Hall–Kier alpha value is -11.0. The van der Waals surface area contributed by atoms with E-state index in [0.717, 1.165) is 77.3 Å². The third-order valence-corrected chi connectivity index (χ3v) is 29.6. The maximum absolute atomic E-state index is 7.75. The fourth-order valence-corrected chi connectivity index (χ4v) is 22.1. The van der Waals surface area contributed by atoms with E-state index in [-0.39, 0.29) is 56.7 Å². The summed E-state index contributed by atoms with van der Waals surface area (Å²) in [6, 6.07) is 85.6. The molecule has 20 rings (SSSR count). The lowest BCUT2D eigenvalue weighted by Gasteiger charge is -2.43. The molecule has 6 nitrogen and oxygen atoms in total. The molecule has 0 fully saturated rings. The average molecular weight is 1590 g/mol. The van der Waals surface area contributed by atoms with Crippen molar-refractivity contribution >= 4 is 137 Å². The maximum Gasteiger partial charge on any atom is 0.297 e. The van der Waals surface area contributed by atoms with Gasteiger partial charge in [0.25, 0.3) is 13.4 Å². The van der Waals surface area contributed by atoms with E-state index in [9.17, 15) is 0 Å². The molecule has 0 atom stereocenters. The van der Waals surface area contributed by atoms with Crippen LogP contribution in [0.2, 0.25) is 0 Å². The minimum atomic E-state index is -0.244. The molecule has 6 heterocycles. The number of hydrogen-bond donors (Lipinski definition) is 0. The summed E-state index contributed by atoms with van der Waals surface area (Å²) in [5.41, 5.74) is 46.0. The van der Waals surface area contributed by atoms with E-state index in [1.54, 1.807) is 0 Å². The summed E-state index contributed by atoms with van der Waals surface area (Å²) in [5, 5.41) is 2.36. The van der Waals surface area contributed by atoms with E-state index >= 15 is 0 Å². The zero-order valence-electron chi connectivity index (χ0n) is 76.1. The van der Waals surface area contributed by atoms with E-state index in [1.807, 2.05) is 0 Å². The first-order valence-corrected chi connectivity index (χ1v) is 44.7. The molecule has 0 saturated carbocycles. The third kappa shape index (κ3) is 12.4. The largest absolute Gasteiger partial charge is 0.468 e. The fourth-order valence-electron chi connectivity index (χ4n) is 22.1. The Morgan fingerprint density at radius 3 is 1.13 bits per heavy atom. The van der Waals surface area contributed by atoms with Gasteiger partial charge in [-0.1, -0.05) is 241 Å². The van der Waals surface area contributed by atoms with Crippen LogP contribution >= 0.6 is 0 Å². The SMILES string of the molecule is Cc1cc2c3c(c1)N(c1ccc(C(C)(C)Cc4cccc(-c5ccc(N6c7ccc(C(C)(C)C)cc7B7c8oc9cc%10c(cc9c8N(c8ccc(C(C)(C)C)cc8)c8cc(C)cc6c87)C(C)(C)CCC%10(C)C)c(C)c5)c4C)cc1)c1c(oc4cc5c(cc14)C(C)(C)CCC5(C)C)B3c1cc(C(C)(C)C)ccc1N2c1ccc(-c2ccccc2)cc1C. The highest BCUT2D eigenvalue weighted by molar-refractivity contribution is 7.00. The molecule has 608 valence electrons. The molecule has 0 radical (unpaired) electrons. The van der Waals surface area contributed by atoms with Crippen LogP contribution in [-0.4, -0.2) is 13.4 Å². The summed E-state index contributed by atoms with van der Waals surface area (Å²) in [4.78, 5) is 10.3. The van der Waals surface area contributed by atoms with Crippen molar-refractivity contribution in [1.29, 1.82) is 0 Å². The predicted octanol–water partition coefficient (Wildman–Crippen LogP) is 27.3. The van der Waals surface area contributed by atoms with Crippen molar-refractivity contribution in [2.24, 2.45) is 0 Å². The molecule has 121 heavy (non-hydrogen) atoms. The molecule has 12 aromatic carbocycles. The van der Waals surface area contributed by atoms with Crippen LogP contribution in [0.5, 0.6) is 0 Å². The zero-order chi connectivity index (χ0) is 85.0. The minimum absolute atomic E-state index is 0.000754. The molecule has 2 aliphatic carbocycles. The number of hydrogen-bond acceptors (Lipinski definition) is 6. The Balaban J connectivity index is 0.680. The third-order valence-electron chi connectivity index (χ3n) is 29.6. The summed E-state index contributed by atoms with van der Waals surface area (Å²) >= 11 is 0. The van der Waals surface area contributed by atoms with Gasteiger partial charge in [-0.05, 0) is 341 Å². The number of nitrogens with zero attached hydrogens (tertiary/aromatic N) is 4. The van der Waals surface area contributed by atoms with Crippen molar-refractivity contribution in [2.75, 3.05) is 19.6 Å². The number of fused-ring (bicyclic) bond motifs is 14. The Morgan fingerprint density at radius 2 is 0.711 bits per heavy atom. The summed E-state index contributed by atoms with van der Waals surface area (Å²) in [6.45, 7) is 56.7. The number of furan rings is 2. The summed E-state index contributed by atoms with van der Waals surface area (Å²) < 4.78 is 15.4. The molecule has 0 spiro atoms. The Morgan fingerprint density at radius 1 is 0.331 bits per heavy atom. The van der Waals surface area contributed by atoms with Crippen LogP contribution in [0.1, 0.15) is 235 Å². The molecule has 0 N–H and O–H groups in total. The highest BCUT2D eigenvalue weighted by Gasteiger charge is 2.52. The van der Waals surface area contributed by atoms with Crippen LogP contribution in [0.4, 0.5) is 68.2 Å². The van der Waals surface area contributed by atoms with Crippen molar-refractivity contribution in [2.45, 2.75) is 242 Å². The lowest BCUT2D eigenvalue weighted by Crippen LogP contribution is -2.61. The van der Waals surface area contributed by atoms with E-state index < -0.39 is 0 Å². The van der Waals surface area contributed by atoms with Crippen LogP contribution < -0.4 is 52.8 Å². The summed E-state index contributed by atoms with van der Waals surface area (Å²) in [7, 11) is 0. The lowest BCUT2D eigenvalue weighted by molar-refractivity contribution is 0.332. The topological polar surface area (TPSA) is 39.2 Å². The Kier molecular flexibility index (Phi) is 17.4. The Labute approximate surface area is 720 Å². The second kappa shape index (κ2) is 26.8. The van der Waals surface area contributed by atoms with Gasteiger partial charge in [0.15, 0.2) is 0 Å². The number of benzene rings is 12.